The second-order valence-corrected chi connectivity index (χ2v) is 9.48. The molecule has 0 N–H and O–H groups in total. The molecule has 0 spiro atoms. The Morgan fingerprint density at radius 3 is 2.24 bits per heavy atom. The number of ether oxygens (including phenoxy) is 1. The van der Waals surface area contributed by atoms with Crippen LogP contribution in [-0.2, 0) is 11.2 Å². The van der Waals surface area contributed by atoms with Gasteiger partial charge in [-0.05, 0) is 87.2 Å². The van der Waals surface area contributed by atoms with Crippen molar-refractivity contribution in [1.82, 2.24) is 0 Å². The monoisotopic (exact) mass is 460 g/mol. The first-order valence-electron chi connectivity index (χ1n) is 12.1. The number of fused-ring (bicyclic) bond motifs is 1. The molecule has 0 amide bonds. The van der Waals surface area contributed by atoms with E-state index in [1.165, 1.54) is 18.2 Å². The maximum atomic E-state index is 15.2. The van der Waals surface area contributed by atoms with Crippen molar-refractivity contribution in [2.45, 2.75) is 70.3 Å². The van der Waals surface area contributed by atoms with E-state index in [9.17, 15) is 8.78 Å². The van der Waals surface area contributed by atoms with Crippen molar-refractivity contribution in [1.29, 1.82) is 0 Å². The van der Waals surface area contributed by atoms with Gasteiger partial charge in [-0.1, -0.05) is 30.3 Å². The molecule has 2 aromatic rings. The van der Waals surface area contributed by atoms with E-state index in [2.05, 4.69) is 6.58 Å². The summed E-state index contributed by atoms with van der Waals surface area (Å²) in [6.07, 6.45) is 8.48. The van der Waals surface area contributed by atoms with Crippen LogP contribution in [0.15, 0.2) is 36.9 Å². The summed E-state index contributed by atoms with van der Waals surface area (Å²) in [5, 5.41) is 0. The van der Waals surface area contributed by atoms with Crippen LogP contribution in [0.2, 0.25) is 0 Å². The predicted octanol–water partition coefficient (Wildman–Crippen LogP) is 8.12. The Bertz CT molecular complexity index is 1000. The fraction of sp³-hybridized carbons (Fsp3) is 0.500. The Balaban J connectivity index is 1.54. The summed E-state index contributed by atoms with van der Waals surface area (Å²) in [5.74, 6) is -3.18. The van der Waals surface area contributed by atoms with Gasteiger partial charge in [-0.25, -0.2) is 17.6 Å². The van der Waals surface area contributed by atoms with Crippen molar-refractivity contribution < 1.29 is 22.3 Å². The largest absolute Gasteiger partial charge is 0.378 e. The Morgan fingerprint density at radius 1 is 0.848 bits per heavy atom. The Labute approximate surface area is 193 Å². The third-order valence-corrected chi connectivity index (χ3v) is 7.59. The third kappa shape index (κ3) is 4.89. The number of hydrogen-bond donors (Lipinski definition) is 0. The molecule has 2 aliphatic rings. The van der Waals surface area contributed by atoms with Crippen molar-refractivity contribution in [2.24, 2.45) is 11.8 Å². The summed E-state index contributed by atoms with van der Waals surface area (Å²) in [5.41, 5.74) is 0.0548. The van der Waals surface area contributed by atoms with Gasteiger partial charge in [0.1, 0.15) is 0 Å². The Morgan fingerprint density at radius 2 is 1.52 bits per heavy atom. The summed E-state index contributed by atoms with van der Waals surface area (Å²) in [7, 11) is 0. The van der Waals surface area contributed by atoms with Gasteiger partial charge in [0, 0.05) is 17.7 Å². The maximum absolute atomic E-state index is 15.2. The van der Waals surface area contributed by atoms with Gasteiger partial charge < -0.3 is 4.74 Å². The lowest BCUT2D eigenvalue weighted by atomic mass is 9.65. The van der Waals surface area contributed by atoms with Crippen LogP contribution in [-0.4, -0.2) is 12.7 Å². The summed E-state index contributed by atoms with van der Waals surface area (Å²) >= 11 is 0. The van der Waals surface area contributed by atoms with E-state index in [-0.39, 0.29) is 22.6 Å². The van der Waals surface area contributed by atoms with Crippen molar-refractivity contribution in [2.75, 3.05) is 6.61 Å². The second-order valence-electron chi connectivity index (χ2n) is 9.48. The van der Waals surface area contributed by atoms with Gasteiger partial charge in [0.15, 0.2) is 23.3 Å². The second kappa shape index (κ2) is 10.4. The molecule has 0 saturated heterocycles. The highest BCUT2D eigenvalue weighted by molar-refractivity contribution is 5.66. The third-order valence-electron chi connectivity index (χ3n) is 7.59. The van der Waals surface area contributed by atoms with E-state index in [4.69, 9.17) is 4.74 Å². The zero-order valence-corrected chi connectivity index (χ0v) is 19.2. The molecule has 0 heterocycles. The number of aryl methyl sites for hydroxylation is 1. The number of hydrogen-bond acceptors (Lipinski definition) is 1. The molecule has 1 nitrogen and oxygen atoms in total. The molecule has 178 valence electrons. The molecule has 0 bridgehead atoms. The lowest BCUT2D eigenvalue weighted by Gasteiger charge is -2.42. The van der Waals surface area contributed by atoms with Crippen molar-refractivity contribution in [3.63, 3.8) is 0 Å². The highest BCUT2D eigenvalue weighted by Gasteiger charge is 2.37. The molecule has 0 radical (unpaired) electrons. The molecule has 4 atom stereocenters. The van der Waals surface area contributed by atoms with Crippen LogP contribution in [0.5, 0.6) is 0 Å². The summed E-state index contributed by atoms with van der Waals surface area (Å²) in [4.78, 5) is 0. The predicted molar refractivity (Wildman–Crippen MR) is 123 cm³/mol. The van der Waals surface area contributed by atoms with E-state index >= 15 is 8.78 Å². The molecule has 4 unspecified atom stereocenters. The minimum atomic E-state index is -1.14. The highest BCUT2D eigenvalue weighted by Crippen LogP contribution is 2.47. The standard InChI is InChI=1S/C28H32F4O/c1-3-5-6-17-10-12-23(27(31)25(17)29)24-14-13-22(26(30)28(24)32)20-8-7-19-16-21(33-4-2)11-9-18(19)15-20/h3,10,12-14,18-21H,1,4-9,11,15-16H2,2H3. The van der Waals surface area contributed by atoms with Crippen LogP contribution < -0.4 is 0 Å². The quantitative estimate of drug-likeness (QED) is 0.299. The summed E-state index contributed by atoms with van der Waals surface area (Å²) in [6, 6.07) is 5.72. The summed E-state index contributed by atoms with van der Waals surface area (Å²) in [6.45, 7) is 6.32. The fourth-order valence-corrected chi connectivity index (χ4v) is 5.85. The van der Waals surface area contributed by atoms with Crippen molar-refractivity contribution in [3.05, 3.63) is 71.3 Å². The molecule has 2 aliphatic carbocycles. The van der Waals surface area contributed by atoms with Gasteiger partial charge in [-0.3, -0.25) is 0 Å². The van der Waals surface area contributed by atoms with E-state index in [1.807, 2.05) is 6.92 Å². The molecular weight excluding hydrogens is 428 g/mol. The molecule has 2 aromatic carbocycles. The van der Waals surface area contributed by atoms with Crippen LogP contribution in [0.1, 0.15) is 68.9 Å². The molecule has 2 saturated carbocycles. The van der Waals surface area contributed by atoms with Gasteiger partial charge >= 0.3 is 0 Å². The molecule has 0 aliphatic heterocycles. The molecule has 4 rings (SSSR count). The van der Waals surface area contributed by atoms with Crippen LogP contribution in [0.25, 0.3) is 11.1 Å². The molecule has 5 heteroatoms. The SMILES string of the molecule is C=CCCc1ccc(-c2ccc(C3CCC4CC(OCC)CCC4C3)c(F)c2F)c(F)c1F. The molecular formula is C28H32F4O. The first-order chi connectivity index (χ1) is 15.9. The van der Waals surface area contributed by atoms with Crippen molar-refractivity contribution in [3.8, 4) is 11.1 Å². The first kappa shape index (κ1) is 24.0. The van der Waals surface area contributed by atoms with Crippen LogP contribution in [0.4, 0.5) is 17.6 Å². The number of allylic oxidation sites excluding steroid dienone is 1. The van der Waals surface area contributed by atoms with E-state index in [1.54, 1.807) is 12.1 Å². The maximum Gasteiger partial charge on any atom is 0.167 e. The average Bonchev–Trinajstić information content (AvgIpc) is 2.82. The first-order valence-corrected chi connectivity index (χ1v) is 12.1. The fourth-order valence-electron chi connectivity index (χ4n) is 5.85. The highest BCUT2D eigenvalue weighted by atomic mass is 19.2. The molecule has 0 aromatic heterocycles. The average molecular weight is 461 g/mol. The Kier molecular flexibility index (Phi) is 7.58. The number of rotatable bonds is 7. The lowest BCUT2D eigenvalue weighted by molar-refractivity contribution is -0.00970. The Hall–Kier alpha value is -2.14. The van der Waals surface area contributed by atoms with Crippen LogP contribution in [0, 0.1) is 35.1 Å². The van der Waals surface area contributed by atoms with E-state index < -0.39 is 23.3 Å². The van der Waals surface area contributed by atoms with Gasteiger partial charge in [0.05, 0.1) is 6.10 Å². The number of benzene rings is 2. The topological polar surface area (TPSA) is 9.23 Å². The lowest BCUT2D eigenvalue weighted by Crippen LogP contribution is -2.34. The number of halogens is 4. The van der Waals surface area contributed by atoms with Crippen LogP contribution in [0.3, 0.4) is 0 Å². The van der Waals surface area contributed by atoms with Gasteiger partial charge in [-0.2, -0.15) is 0 Å². The minimum absolute atomic E-state index is 0.0543. The zero-order chi connectivity index (χ0) is 23.5. The van der Waals surface area contributed by atoms with Gasteiger partial charge in [-0.15, -0.1) is 6.58 Å². The van der Waals surface area contributed by atoms with Crippen LogP contribution >= 0.6 is 0 Å². The molecule has 33 heavy (non-hydrogen) atoms. The molecule has 2 fully saturated rings. The normalized spacial score (nSPS) is 25.0. The van der Waals surface area contributed by atoms with Crippen molar-refractivity contribution >= 4 is 0 Å². The van der Waals surface area contributed by atoms with E-state index in [0.717, 1.165) is 45.1 Å². The minimum Gasteiger partial charge on any atom is -0.378 e. The summed E-state index contributed by atoms with van der Waals surface area (Å²) < 4.78 is 65.3. The van der Waals surface area contributed by atoms with E-state index in [0.29, 0.717) is 36.3 Å². The zero-order valence-electron chi connectivity index (χ0n) is 19.2. The van der Waals surface area contributed by atoms with Gasteiger partial charge in [0.2, 0.25) is 0 Å². The van der Waals surface area contributed by atoms with Gasteiger partial charge in [0.25, 0.3) is 0 Å². The smallest absolute Gasteiger partial charge is 0.167 e.